The topological polar surface area (TPSA) is 38.5 Å². The maximum Gasteiger partial charge on any atom is 0.0644 e. The molecule has 0 saturated carbocycles. The first-order chi connectivity index (χ1) is 7.50. The molecule has 90 valence electrons. The van der Waals surface area contributed by atoms with Crippen molar-refractivity contribution in [1.82, 2.24) is 0 Å². The van der Waals surface area contributed by atoms with Crippen LogP contribution in [0.1, 0.15) is 19.4 Å². The highest BCUT2D eigenvalue weighted by Gasteiger charge is 2.03. The molecule has 0 spiro atoms. The molecule has 0 atom stereocenters. The van der Waals surface area contributed by atoms with Crippen molar-refractivity contribution in [3.8, 4) is 0 Å². The second kappa shape index (κ2) is 5.75. The minimum Gasteiger partial charge on any atom is -0.398 e. The van der Waals surface area contributed by atoms with Gasteiger partial charge in [-0.05, 0) is 38.5 Å². The van der Waals surface area contributed by atoms with Crippen LogP contribution in [0.25, 0.3) is 0 Å². The van der Waals surface area contributed by atoms with Crippen LogP contribution in [-0.2, 0) is 4.74 Å². The third-order valence-corrected chi connectivity index (χ3v) is 2.58. The van der Waals surface area contributed by atoms with Crippen LogP contribution in [0.3, 0.4) is 0 Å². The number of nitrogen functional groups attached to an aromatic ring is 1. The maximum atomic E-state index is 5.88. The van der Waals surface area contributed by atoms with E-state index in [0.717, 1.165) is 30.1 Å². The van der Waals surface area contributed by atoms with Crippen LogP contribution in [0.4, 0.5) is 11.4 Å². The minimum atomic E-state index is 0.288. The number of aryl methyl sites for hydroxylation is 1. The van der Waals surface area contributed by atoms with Gasteiger partial charge in [-0.15, -0.1) is 0 Å². The molecule has 0 amide bonds. The SMILES string of the molecule is Cc1ccc(N(C)CCOC(C)C)cc1N. The number of rotatable bonds is 5. The molecule has 1 aromatic carbocycles. The van der Waals surface area contributed by atoms with Crippen LogP contribution in [0.15, 0.2) is 18.2 Å². The van der Waals surface area contributed by atoms with Crippen LogP contribution in [-0.4, -0.2) is 26.3 Å². The van der Waals surface area contributed by atoms with Gasteiger partial charge in [-0.1, -0.05) is 6.07 Å². The van der Waals surface area contributed by atoms with Gasteiger partial charge in [-0.3, -0.25) is 0 Å². The molecule has 0 unspecified atom stereocenters. The average Bonchev–Trinajstić information content (AvgIpc) is 2.21. The summed E-state index contributed by atoms with van der Waals surface area (Å²) in [4.78, 5) is 2.15. The van der Waals surface area contributed by atoms with Gasteiger partial charge in [0, 0.05) is 25.0 Å². The predicted octanol–water partition coefficient (Wildman–Crippen LogP) is 2.44. The van der Waals surface area contributed by atoms with Gasteiger partial charge in [0.15, 0.2) is 0 Å². The van der Waals surface area contributed by atoms with Crippen molar-refractivity contribution >= 4 is 11.4 Å². The number of benzene rings is 1. The zero-order chi connectivity index (χ0) is 12.1. The Hall–Kier alpha value is -1.22. The van der Waals surface area contributed by atoms with Gasteiger partial charge < -0.3 is 15.4 Å². The van der Waals surface area contributed by atoms with E-state index in [0.29, 0.717) is 0 Å². The van der Waals surface area contributed by atoms with Crippen molar-refractivity contribution < 1.29 is 4.74 Å². The molecule has 1 rings (SSSR count). The van der Waals surface area contributed by atoms with Gasteiger partial charge in [0.1, 0.15) is 0 Å². The molecule has 3 nitrogen and oxygen atoms in total. The molecule has 0 heterocycles. The van der Waals surface area contributed by atoms with Gasteiger partial charge in [0.05, 0.1) is 12.7 Å². The van der Waals surface area contributed by atoms with Gasteiger partial charge >= 0.3 is 0 Å². The molecule has 0 fully saturated rings. The van der Waals surface area contributed by atoms with Crippen molar-refractivity contribution in [3.63, 3.8) is 0 Å². The molecular weight excluding hydrogens is 200 g/mol. The quantitative estimate of drug-likeness (QED) is 0.778. The number of nitrogens with two attached hydrogens (primary N) is 1. The van der Waals surface area contributed by atoms with Crippen LogP contribution in [0, 0.1) is 6.92 Å². The average molecular weight is 222 g/mol. The Morgan fingerprint density at radius 3 is 2.62 bits per heavy atom. The monoisotopic (exact) mass is 222 g/mol. The normalized spacial score (nSPS) is 10.8. The highest BCUT2D eigenvalue weighted by Crippen LogP contribution is 2.19. The zero-order valence-electron chi connectivity index (χ0n) is 10.7. The van der Waals surface area contributed by atoms with Gasteiger partial charge in [0.2, 0.25) is 0 Å². The predicted molar refractivity (Wildman–Crippen MR) is 69.9 cm³/mol. The van der Waals surface area contributed by atoms with Crippen LogP contribution in [0.5, 0.6) is 0 Å². The van der Waals surface area contributed by atoms with E-state index >= 15 is 0 Å². The summed E-state index contributed by atoms with van der Waals surface area (Å²) in [6.07, 6.45) is 0.288. The number of hydrogen-bond donors (Lipinski definition) is 1. The summed E-state index contributed by atoms with van der Waals surface area (Å²) in [6, 6.07) is 6.14. The van der Waals surface area contributed by atoms with Crippen LogP contribution >= 0.6 is 0 Å². The van der Waals surface area contributed by atoms with E-state index in [2.05, 4.69) is 11.0 Å². The fraction of sp³-hybridized carbons (Fsp3) is 0.538. The number of anilines is 2. The fourth-order valence-electron chi connectivity index (χ4n) is 1.42. The smallest absolute Gasteiger partial charge is 0.0644 e. The summed E-state index contributed by atoms with van der Waals surface area (Å²) in [5, 5.41) is 0. The Labute approximate surface area is 98.2 Å². The van der Waals surface area contributed by atoms with E-state index in [1.165, 1.54) is 0 Å². The van der Waals surface area contributed by atoms with Crippen molar-refractivity contribution in [2.45, 2.75) is 26.9 Å². The second-order valence-corrected chi connectivity index (χ2v) is 4.38. The number of hydrogen-bond acceptors (Lipinski definition) is 3. The molecule has 3 heteroatoms. The third-order valence-electron chi connectivity index (χ3n) is 2.58. The van der Waals surface area contributed by atoms with Crippen molar-refractivity contribution in [2.75, 3.05) is 30.8 Å². The summed E-state index contributed by atoms with van der Waals surface area (Å²) in [6.45, 7) is 7.72. The fourth-order valence-corrected chi connectivity index (χ4v) is 1.42. The van der Waals surface area contributed by atoms with Gasteiger partial charge in [-0.25, -0.2) is 0 Å². The maximum absolute atomic E-state index is 5.88. The first-order valence-electron chi connectivity index (χ1n) is 5.69. The molecule has 16 heavy (non-hydrogen) atoms. The molecule has 0 radical (unpaired) electrons. The van der Waals surface area contributed by atoms with E-state index in [4.69, 9.17) is 10.5 Å². The van der Waals surface area contributed by atoms with Crippen LogP contribution < -0.4 is 10.6 Å². The lowest BCUT2D eigenvalue weighted by molar-refractivity contribution is 0.0846. The van der Waals surface area contributed by atoms with Crippen molar-refractivity contribution in [3.05, 3.63) is 23.8 Å². The molecule has 0 saturated heterocycles. The first kappa shape index (κ1) is 12.8. The van der Waals surface area contributed by atoms with Gasteiger partial charge in [-0.2, -0.15) is 0 Å². The molecular formula is C13H22N2O. The summed E-state index contributed by atoms with van der Waals surface area (Å²) in [7, 11) is 2.05. The van der Waals surface area contributed by atoms with E-state index in [9.17, 15) is 0 Å². The van der Waals surface area contributed by atoms with E-state index < -0.39 is 0 Å². The third kappa shape index (κ3) is 3.74. The van der Waals surface area contributed by atoms with Gasteiger partial charge in [0.25, 0.3) is 0 Å². The number of ether oxygens (including phenoxy) is 1. The molecule has 0 aromatic heterocycles. The number of likely N-dealkylation sites (N-methyl/N-ethyl adjacent to an activating group) is 1. The first-order valence-corrected chi connectivity index (χ1v) is 5.69. The Morgan fingerprint density at radius 1 is 1.38 bits per heavy atom. The molecule has 0 aliphatic carbocycles. The van der Waals surface area contributed by atoms with E-state index in [1.807, 2.05) is 40.0 Å². The van der Waals surface area contributed by atoms with Crippen LogP contribution in [0.2, 0.25) is 0 Å². The van der Waals surface area contributed by atoms with Crippen molar-refractivity contribution in [2.24, 2.45) is 0 Å². The lowest BCUT2D eigenvalue weighted by Gasteiger charge is -2.20. The molecule has 0 bridgehead atoms. The van der Waals surface area contributed by atoms with Crippen molar-refractivity contribution in [1.29, 1.82) is 0 Å². The Balaban J connectivity index is 2.52. The summed E-state index contributed by atoms with van der Waals surface area (Å²) >= 11 is 0. The molecule has 2 N–H and O–H groups in total. The minimum absolute atomic E-state index is 0.288. The summed E-state index contributed by atoms with van der Waals surface area (Å²) in [5.74, 6) is 0. The Morgan fingerprint density at radius 2 is 2.06 bits per heavy atom. The lowest BCUT2D eigenvalue weighted by Crippen LogP contribution is -2.24. The van der Waals surface area contributed by atoms with E-state index in [1.54, 1.807) is 0 Å². The largest absolute Gasteiger partial charge is 0.398 e. The number of nitrogens with zero attached hydrogens (tertiary/aromatic N) is 1. The summed E-state index contributed by atoms with van der Waals surface area (Å²) in [5.41, 5.74) is 8.97. The zero-order valence-corrected chi connectivity index (χ0v) is 10.7. The standard InChI is InChI=1S/C13H22N2O/c1-10(2)16-8-7-15(4)12-6-5-11(3)13(14)9-12/h5-6,9-10H,7-8,14H2,1-4H3. The highest BCUT2D eigenvalue weighted by atomic mass is 16.5. The lowest BCUT2D eigenvalue weighted by atomic mass is 10.2. The summed E-state index contributed by atoms with van der Waals surface area (Å²) < 4.78 is 5.52. The van der Waals surface area contributed by atoms with E-state index in [-0.39, 0.29) is 6.10 Å². The second-order valence-electron chi connectivity index (χ2n) is 4.38. The molecule has 0 aliphatic rings. The molecule has 1 aromatic rings. The Kier molecular flexibility index (Phi) is 4.62. The molecule has 0 aliphatic heterocycles. The Bertz CT molecular complexity index is 337. The highest BCUT2D eigenvalue weighted by molar-refractivity contribution is 5.59.